The number of nitrogens with zero attached hydrogens (tertiary/aromatic N) is 4. The van der Waals surface area contributed by atoms with E-state index in [-0.39, 0.29) is 23.1 Å². The number of likely N-dealkylation sites (tertiary alicyclic amines) is 1. The zero-order valence-electron chi connectivity index (χ0n) is 18.3. The average molecular weight is 407 g/mol. The molecule has 1 aliphatic heterocycles. The van der Waals surface area contributed by atoms with E-state index in [9.17, 15) is 9.59 Å². The monoisotopic (exact) mass is 406 g/mol. The zero-order valence-corrected chi connectivity index (χ0v) is 18.3. The lowest BCUT2D eigenvalue weighted by atomic mass is 9.75. The lowest BCUT2D eigenvalue weighted by molar-refractivity contribution is -0.127. The van der Waals surface area contributed by atoms with E-state index in [0.29, 0.717) is 19.5 Å². The van der Waals surface area contributed by atoms with Crippen molar-refractivity contribution in [2.45, 2.75) is 66.0 Å². The summed E-state index contributed by atoms with van der Waals surface area (Å²) >= 11 is 0. The van der Waals surface area contributed by atoms with Crippen LogP contribution in [0, 0.1) is 5.41 Å². The number of aromatic nitrogens is 3. The van der Waals surface area contributed by atoms with E-state index in [1.165, 1.54) is 0 Å². The van der Waals surface area contributed by atoms with E-state index in [1.54, 1.807) is 12.3 Å². The fourth-order valence-corrected chi connectivity index (χ4v) is 4.69. The van der Waals surface area contributed by atoms with Crippen molar-refractivity contribution in [1.29, 1.82) is 0 Å². The molecule has 158 valence electrons. The van der Waals surface area contributed by atoms with Crippen LogP contribution in [0.1, 0.15) is 80.4 Å². The van der Waals surface area contributed by atoms with Crippen LogP contribution >= 0.6 is 0 Å². The Morgan fingerprint density at radius 2 is 2.07 bits per heavy atom. The molecule has 0 aromatic carbocycles. The van der Waals surface area contributed by atoms with Crippen molar-refractivity contribution < 1.29 is 9.59 Å². The third-order valence-corrected chi connectivity index (χ3v) is 5.95. The minimum atomic E-state index is -0.142. The first-order chi connectivity index (χ1) is 14.2. The van der Waals surface area contributed by atoms with Crippen LogP contribution in [0.25, 0.3) is 0 Å². The number of ketones is 1. The van der Waals surface area contributed by atoms with Crippen LogP contribution in [0.2, 0.25) is 0 Å². The van der Waals surface area contributed by atoms with E-state index in [1.807, 2.05) is 41.6 Å². The van der Waals surface area contributed by atoms with Crippen LogP contribution in [0.4, 0.5) is 0 Å². The summed E-state index contributed by atoms with van der Waals surface area (Å²) in [5.74, 6) is 0.152. The summed E-state index contributed by atoms with van der Waals surface area (Å²) in [6.07, 6.45) is 6.53. The highest BCUT2D eigenvalue weighted by Crippen LogP contribution is 2.41. The molecular formula is C24H30N4O2. The Morgan fingerprint density at radius 1 is 1.27 bits per heavy atom. The molecule has 0 bridgehead atoms. The van der Waals surface area contributed by atoms with Gasteiger partial charge in [-0.25, -0.2) is 0 Å². The van der Waals surface area contributed by atoms with Gasteiger partial charge in [0.2, 0.25) is 5.91 Å². The number of carbonyl (C=O) groups is 2. The van der Waals surface area contributed by atoms with Crippen molar-refractivity contribution in [2.75, 3.05) is 6.54 Å². The quantitative estimate of drug-likeness (QED) is 0.717. The van der Waals surface area contributed by atoms with Crippen LogP contribution in [-0.2, 0) is 17.8 Å². The van der Waals surface area contributed by atoms with Gasteiger partial charge in [0.15, 0.2) is 5.78 Å². The van der Waals surface area contributed by atoms with E-state index in [4.69, 9.17) is 5.10 Å². The fraction of sp³-hybridized carbons (Fsp3) is 0.500. The fourth-order valence-electron chi connectivity index (χ4n) is 4.69. The lowest BCUT2D eigenvalue weighted by Gasteiger charge is -2.30. The Kier molecular flexibility index (Phi) is 5.35. The van der Waals surface area contributed by atoms with E-state index < -0.39 is 0 Å². The van der Waals surface area contributed by atoms with Crippen molar-refractivity contribution in [1.82, 2.24) is 19.7 Å². The van der Waals surface area contributed by atoms with Crippen LogP contribution < -0.4 is 0 Å². The Hall–Kier alpha value is -2.76. The van der Waals surface area contributed by atoms with Gasteiger partial charge >= 0.3 is 0 Å². The molecule has 0 spiro atoms. The molecule has 2 aliphatic rings. The second-order valence-electron chi connectivity index (χ2n) is 9.54. The summed E-state index contributed by atoms with van der Waals surface area (Å²) in [4.78, 5) is 32.4. The van der Waals surface area contributed by atoms with Gasteiger partial charge in [0.05, 0.1) is 35.2 Å². The molecule has 30 heavy (non-hydrogen) atoms. The van der Waals surface area contributed by atoms with Crippen molar-refractivity contribution >= 4 is 11.7 Å². The van der Waals surface area contributed by atoms with Crippen LogP contribution in [-0.4, -0.2) is 37.9 Å². The third kappa shape index (κ3) is 3.95. The molecule has 0 radical (unpaired) electrons. The number of amides is 1. The second-order valence-corrected chi connectivity index (χ2v) is 9.54. The topological polar surface area (TPSA) is 68.1 Å². The van der Waals surface area contributed by atoms with Crippen molar-refractivity contribution in [2.24, 2.45) is 5.41 Å². The molecule has 1 aliphatic carbocycles. The number of rotatable bonds is 4. The molecular weight excluding hydrogens is 376 g/mol. The van der Waals surface area contributed by atoms with Crippen molar-refractivity contribution in [3.8, 4) is 0 Å². The molecule has 1 fully saturated rings. The summed E-state index contributed by atoms with van der Waals surface area (Å²) in [5.41, 5.74) is 4.29. The van der Waals surface area contributed by atoms with E-state index in [2.05, 4.69) is 18.8 Å². The van der Waals surface area contributed by atoms with Gasteiger partial charge in [-0.2, -0.15) is 5.10 Å². The molecule has 1 amide bonds. The number of fused-ring (bicyclic) bond motifs is 1. The maximum atomic E-state index is 13.2. The smallest absolute Gasteiger partial charge is 0.247 e. The molecule has 2 aromatic heterocycles. The minimum Gasteiger partial charge on any atom is -0.330 e. The normalized spacial score (nSPS) is 20.2. The highest BCUT2D eigenvalue weighted by atomic mass is 16.2. The molecule has 0 saturated carbocycles. The van der Waals surface area contributed by atoms with E-state index >= 15 is 0 Å². The molecule has 0 N–H and O–H groups in total. The molecule has 6 heteroatoms. The summed E-state index contributed by atoms with van der Waals surface area (Å²) in [6, 6.07) is 5.69. The number of pyridine rings is 1. The molecule has 4 rings (SSSR count). The number of hydrogen-bond acceptors (Lipinski definition) is 4. The largest absolute Gasteiger partial charge is 0.330 e. The number of Topliss-reactive ketones (excluding diaryl/α,β-unsaturated/α-hetero) is 1. The number of carbonyl (C=O) groups excluding carboxylic acids is 2. The van der Waals surface area contributed by atoms with Crippen molar-refractivity contribution in [3.63, 3.8) is 0 Å². The van der Waals surface area contributed by atoms with Gasteiger partial charge < -0.3 is 4.90 Å². The van der Waals surface area contributed by atoms with E-state index in [0.717, 1.165) is 47.5 Å². The van der Waals surface area contributed by atoms with Crippen LogP contribution in [0.15, 0.2) is 36.0 Å². The lowest BCUT2D eigenvalue weighted by Crippen LogP contribution is -2.32. The molecule has 3 heterocycles. The average Bonchev–Trinajstić information content (AvgIpc) is 3.26. The maximum absolute atomic E-state index is 13.2. The molecule has 6 nitrogen and oxygen atoms in total. The highest BCUT2D eigenvalue weighted by Gasteiger charge is 2.41. The van der Waals surface area contributed by atoms with Crippen LogP contribution in [0.3, 0.4) is 0 Å². The predicted molar refractivity (Wildman–Crippen MR) is 115 cm³/mol. The number of allylic oxidation sites excluding steroid dienone is 1. The zero-order chi connectivity index (χ0) is 21.5. The Labute approximate surface area is 178 Å². The Balaban J connectivity index is 1.78. The first-order valence-electron chi connectivity index (χ1n) is 10.7. The van der Waals surface area contributed by atoms with Gasteiger partial charge in [0.1, 0.15) is 0 Å². The summed E-state index contributed by atoms with van der Waals surface area (Å²) in [7, 11) is 0. The first-order valence-corrected chi connectivity index (χ1v) is 10.7. The first kappa shape index (κ1) is 20.5. The minimum absolute atomic E-state index is 0.00844. The van der Waals surface area contributed by atoms with Gasteiger partial charge in [-0.15, -0.1) is 0 Å². The second kappa shape index (κ2) is 7.82. The van der Waals surface area contributed by atoms with Gasteiger partial charge in [-0.3, -0.25) is 19.3 Å². The summed E-state index contributed by atoms with van der Waals surface area (Å²) < 4.78 is 1.95. The highest BCUT2D eigenvalue weighted by molar-refractivity contribution is 6.00. The predicted octanol–water partition coefficient (Wildman–Crippen LogP) is 4.11. The molecule has 1 atom stereocenters. The number of hydrogen-bond donors (Lipinski definition) is 0. The maximum Gasteiger partial charge on any atom is 0.247 e. The summed E-state index contributed by atoms with van der Waals surface area (Å²) in [6.45, 7) is 9.35. The summed E-state index contributed by atoms with van der Waals surface area (Å²) in [5, 5.41) is 4.94. The molecule has 1 saturated heterocycles. The standard InChI is InChI=1S/C24H30N4O2/c1-16(2)12-21(30)27-11-7-9-18(27)23-22-19(13-24(3,4)14-20(22)29)28(26-23)15-17-8-5-6-10-25-17/h5-6,8,10,12,18H,7,9,11,13-15H2,1-4H3/t18-/m1/s1. The third-order valence-electron chi connectivity index (χ3n) is 5.95. The van der Waals surface area contributed by atoms with Gasteiger partial charge in [0, 0.05) is 25.2 Å². The molecule has 2 aromatic rings. The van der Waals surface area contributed by atoms with Crippen molar-refractivity contribution in [3.05, 3.63) is 58.7 Å². The molecule has 0 unspecified atom stereocenters. The van der Waals surface area contributed by atoms with Gasteiger partial charge in [0.25, 0.3) is 0 Å². The Bertz CT molecular complexity index is 1000. The SMILES string of the molecule is CC(C)=CC(=O)N1CCC[C@@H]1c1nn(Cc2ccccn2)c2c1C(=O)CC(C)(C)C2. The van der Waals surface area contributed by atoms with Gasteiger partial charge in [-0.1, -0.05) is 25.5 Å². The van der Waals surface area contributed by atoms with Gasteiger partial charge in [-0.05, 0) is 50.7 Å². The van der Waals surface area contributed by atoms with Crippen LogP contribution in [0.5, 0.6) is 0 Å². The Morgan fingerprint density at radius 3 is 2.77 bits per heavy atom.